The molecule has 0 unspecified atom stereocenters. The lowest BCUT2D eigenvalue weighted by molar-refractivity contribution is -0.384. The zero-order valence-electron chi connectivity index (χ0n) is 9.47. The first kappa shape index (κ1) is 13.9. The highest BCUT2D eigenvalue weighted by Crippen LogP contribution is 2.28. The summed E-state index contributed by atoms with van der Waals surface area (Å²) in [6, 6.07) is 3.70. The molecule has 3 N–H and O–H groups in total. The fourth-order valence-electron chi connectivity index (χ4n) is 1.57. The van der Waals surface area contributed by atoms with Gasteiger partial charge >= 0.3 is 0 Å². The van der Waals surface area contributed by atoms with Gasteiger partial charge in [-0.25, -0.2) is 0 Å². The molecule has 2 atom stereocenters. The van der Waals surface area contributed by atoms with Crippen LogP contribution in [0.2, 0.25) is 5.02 Å². The summed E-state index contributed by atoms with van der Waals surface area (Å²) in [5.74, 6) is 0. The van der Waals surface area contributed by atoms with Gasteiger partial charge in [-0.15, -0.1) is 0 Å². The molecular formula is C11H15ClN2O3. The molecule has 5 nitrogen and oxygen atoms in total. The second kappa shape index (κ2) is 5.95. The van der Waals surface area contributed by atoms with Crippen molar-refractivity contribution in [1.29, 1.82) is 0 Å². The number of rotatable bonds is 5. The van der Waals surface area contributed by atoms with Crippen molar-refractivity contribution < 1.29 is 10.0 Å². The van der Waals surface area contributed by atoms with Crippen molar-refractivity contribution in [2.45, 2.75) is 31.9 Å². The Hall–Kier alpha value is -1.17. The summed E-state index contributed by atoms with van der Waals surface area (Å²) in [7, 11) is 0. The van der Waals surface area contributed by atoms with Crippen molar-refractivity contribution in [2.24, 2.45) is 5.73 Å². The van der Waals surface area contributed by atoms with Crippen LogP contribution in [0.25, 0.3) is 0 Å². The van der Waals surface area contributed by atoms with Crippen molar-refractivity contribution in [3.8, 4) is 0 Å². The van der Waals surface area contributed by atoms with Crippen LogP contribution in [0.4, 0.5) is 5.69 Å². The maximum atomic E-state index is 10.7. The molecule has 0 aliphatic carbocycles. The molecule has 0 aromatic heterocycles. The summed E-state index contributed by atoms with van der Waals surface area (Å²) in [5.41, 5.74) is 6.15. The Bertz CT molecular complexity index is 412. The van der Waals surface area contributed by atoms with E-state index >= 15 is 0 Å². The second-order valence-corrected chi connectivity index (χ2v) is 4.26. The Balaban J connectivity index is 2.99. The monoisotopic (exact) mass is 258 g/mol. The van der Waals surface area contributed by atoms with Gasteiger partial charge in [-0.3, -0.25) is 10.1 Å². The number of nitro benzene ring substituents is 1. The highest BCUT2D eigenvalue weighted by molar-refractivity contribution is 6.32. The van der Waals surface area contributed by atoms with Crippen LogP contribution < -0.4 is 5.73 Å². The zero-order valence-corrected chi connectivity index (χ0v) is 10.2. The van der Waals surface area contributed by atoms with Gasteiger partial charge in [0.05, 0.1) is 17.1 Å². The maximum absolute atomic E-state index is 10.7. The number of nitrogens with two attached hydrogens (primary N) is 1. The second-order valence-electron chi connectivity index (χ2n) is 3.85. The minimum atomic E-state index is -0.708. The molecule has 0 aliphatic rings. The average molecular weight is 259 g/mol. The molecular weight excluding hydrogens is 244 g/mol. The summed E-state index contributed by atoms with van der Waals surface area (Å²) < 4.78 is 0. The summed E-state index contributed by atoms with van der Waals surface area (Å²) in [6.07, 6.45) is 0.642. The molecule has 0 saturated heterocycles. The number of hydrogen-bond acceptors (Lipinski definition) is 4. The van der Waals surface area contributed by atoms with E-state index in [0.717, 1.165) is 6.42 Å². The van der Waals surface area contributed by atoms with E-state index < -0.39 is 17.1 Å². The standard InChI is InChI=1S/C11H15ClN2O3/c1-2-3-10(15)11(13)7-4-5-8(12)9(6-7)14(16)17/h4-6,10-11,15H,2-3,13H2,1H3/t10-,11+/m0/s1. The quantitative estimate of drug-likeness (QED) is 0.627. The van der Waals surface area contributed by atoms with Crippen LogP contribution in [0.3, 0.4) is 0 Å². The molecule has 1 aromatic carbocycles. The van der Waals surface area contributed by atoms with Gasteiger partial charge in [-0.1, -0.05) is 31.0 Å². The number of halogens is 1. The molecule has 1 aromatic rings. The van der Waals surface area contributed by atoms with E-state index in [4.69, 9.17) is 17.3 Å². The third-order valence-corrected chi connectivity index (χ3v) is 2.87. The van der Waals surface area contributed by atoms with E-state index in [9.17, 15) is 15.2 Å². The number of benzene rings is 1. The molecule has 1 rings (SSSR count). The van der Waals surface area contributed by atoms with Crippen LogP contribution in [0.1, 0.15) is 31.4 Å². The first-order valence-electron chi connectivity index (χ1n) is 5.34. The largest absolute Gasteiger partial charge is 0.391 e. The van der Waals surface area contributed by atoms with Gasteiger partial charge < -0.3 is 10.8 Å². The van der Waals surface area contributed by atoms with Crippen LogP contribution in [0.15, 0.2) is 18.2 Å². The Morgan fingerprint density at radius 1 is 1.59 bits per heavy atom. The Morgan fingerprint density at radius 2 is 2.24 bits per heavy atom. The van der Waals surface area contributed by atoms with Crippen LogP contribution in [-0.2, 0) is 0 Å². The highest BCUT2D eigenvalue weighted by atomic mass is 35.5. The number of nitro groups is 1. The predicted octanol–water partition coefficient (Wildman–Crippen LogP) is 2.41. The lowest BCUT2D eigenvalue weighted by Gasteiger charge is -2.18. The van der Waals surface area contributed by atoms with Crippen LogP contribution >= 0.6 is 11.6 Å². The first-order valence-corrected chi connectivity index (χ1v) is 5.72. The van der Waals surface area contributed by atoms with Gasteiger partial charge in [-0.2, -0.15) is 0 Å². The smallest absolute Gasteiger partial charge is 0.288 e. The van der Waals surface area contributed by atoms with Crippen molar-refractivity contribution >= 4 is 17.3 Å². The van der Waals surface area contributed by atoms with E-state index in [1.807, 2.05) is 6.92 Å². The van der Waals surface area contributed by atoms with E-state index in [-0.39, 0.29) is 10.7 Å². The zero-order chi connectivity index (χ0) is 13.0. The molecule has 0 fully saturated rings. The fraction of sp³-hybridized carbons (Fsp3) is 0.455. The number of hydrogen-bond donors (Lipinski definition) is 2. The topological polar surface area (TPSA) is 89.4 Å². The van der Waals surface area contributed by atoms with Gasteiger partial charge in [0.15, 0.2) is 0 Å². The van der Waals surface area contributed by atoms with Gasteiger partial charge in [0.1, 0.15) is 5.02 Å². The molecule has 0 radical (unpaired) electrons. The van der Waals surface area contributed by atoms with Gasteiger partial charge in [0.25, 0.3) is 5.69 Å². The Kier molecular flexibility index (Phi) is 4.86. The van der Waals surface area contributed by atoms with Crippen molar-refractivity contribution in [3.05, 3.63) is 38.9 Å². The van der Waals surface area contributed by atoms with Crippen molar-refractivity contribution in [1.82, 2.24) is 0 Å². The Morgan fingerprint density at radius 3 is 2.76 bits per heavy atom. The minimum Gasteiger partial charge on any atom is -0.391 e. The lowest BCUT2D eigenvalue weighted by Crippen LogP contribution is -2.26. The summed E-state index contributed by atoms with van der Waals surface area (Å²) in [5, 5.41) is 20.5. The minimum absolute atomic E-state index is 0.0657. The molecule has 0 aliphatic heterocycles. The average Bonchev–Trinajstić information content (AvgIpc) is 2.28. The third-order valence-electron chi connectivity index (χ3n) is 2.55. The van der Waals surface area contributed by atoms with Gasteiger partial charge in [0, 0.05) is 6.07 Å². The van der Waals surface area contributed by atoms with E-state index in [1.54, 1.807) is 6.07 Å². The van der Waals surface area contributed by atoms with Crippen LogP contribution in [-0.4, -0.2) is 16.1 Å². The normalized spacial score (nSPS) is 14.4. The van der Waals surface area contributed by atoms with Crippen molar-refractivity contribution in [3.63, 3.8) is 0 Å². The SMILES string of the molecule is CCC[C@H](O)[C@H](N)c1ccc(Cl)c([N+](=O)[O-])c1. The van der Waals surface area contributed by atoms with Gasteiger partial charge in [0.2, 0.25) is 0 Å². The van der Waals surface area contributed by atoms with Gasteiger partial charge in [-0.05, 0) is 18.1 Å². The molecule has 94 valence electrons. The molecule has 0 amide bonds. The number of aliphatic hydroxyl groups is 1. The van der Waals surface area contributed by atoms with Crippen molar-refractivity contribution in [2.75, 3.05) is 0 Å². The fourth-order valence-corrected chi connectivity index (χ4v) is 1.76. The molecule has 0 bridgehead atoms. The Labute approximate surface area is 104 Å². The van der Waals surface area contributed by atoms with E-state index in [2.05, 4.69) is 0 Å². The molecule has 17 heavy (non-hydrogen) atoms. The molecule has 0 saturated carbocycles. The van der Waals surface area contributed by atoms with Crippen LogP contribution in [0, 0.1) is 10.1 Å². The molecule has 0 heterocycles. The third kappa shape index (κ3) is 3.39. The summed E-state index contributed by atoms with van der Waals surface area (Å²) in [4.78, 5) is 10.1. The number of nitrogens with zero attached hydrogens (tertiary/aromatic N) is 1. The van der Waals surface area contributed by atoms with E-state index in [1.165, 1.54) is 12.1 Å². The molecule has 6 heteroatoms. The lowest BCUT2D eigenvalue weighted by atomic mass is 9.99. The predicted molar refractivity (Wildman–Crippen MR) is 65.9 cm³/mol. The maximum Gasteiger partial charge on any atom is 0.288 e. The van der Waals surface area contributed by atoms with Crippen LogP contribution in [0.5, 0.6) is 0 Å². The summed E-state index contributed by atoms with van der Waals surface area (Å²) >= 11 is 5.69. The number of aliphatic hydroxyl groups excluding tert-OH is 1. The highest BCUT2D eigenvalue weighted by Gasteiger charge is 2.20. The summed E-state index contributed by atoms with van der Waals surface area (Å²) in [6.45, 7) is 1.93. The molecule has 0 spiro atoms. The van der Waals surface area contributed by atoms with E-state index in [0.29, 0.717) is 12.0 Å². The first-order chi connectivity index (χ1) is 7.97.